The molecule has 86 valence electrons. The molecule has 1 aromatic heterocycles. The number of carbonyl (C=O) groups is 2. The van der Waals surface area contributed by atoms with Crippen molar-refractivity contribution >= 4 is 29.4 Å². The number of nitrogens with zero attached hydrogens (tertiary/aromatic N) is 1. The Morgan fingerprint density at radius 2 is 2.31 bits per heavy atom. The van der Waals surface area contributed by atoms with Gasteiger partial charge in [-0.25, -0.2) is 4.79 Å². The summed E-state index contributed by atoms with van der Waals surface area (Å²) in [6.45, 7) is -0.235. The van der Waals surface area contributed by atoms with E-state index in [1.54, 1.807) is 0 Å². The predicted octanol–water partition coefficient (Wildman–Crippen LogP) is 0.749. The van der Waals surface area contributed by atoms with Gasteiger partial charge in [0.25, 0.3) is 5.91 Å². The van der Waals surface area contributed by atoms with Gasteiger partial charge >= 0.3 is 5.97 Å². The number of anilines is 1. The van der Waals surface area contributed by atoms with Crippen LogP contribution in [0.15, 0.2) is 16.5 Å². The lowest BCUT2D eigenvalue weighted by atomic mass is 10.2. The summed E-state index contributed by atoms with van der Waals surface area (Å²) < 4.78 is 9.89. The Kier molecular flexibility index (Phi) is 2.84. The molecule has 7 heteroatoms. The number of carbonyl (C=O) groups excluding carboxylic acids is 1. The molecule has 1 saturated heterocycles. The maximum Gasteiger partial charge on any atom is 0.329 e. The number of halogens is 1. The lowest BCUT2D eigenvalue weighted by Crippen LogP contribution is -2.53. The molecule has 1 unspecified atom stereocenters. The van der Waals surface area contributed by atoms with E-state index >= 15 is 0 Å². The van der Waals surface area contributed by atoms with Crippen LogP contribution in [0.25, 0.3) is 0 Å². The summed E-state index contributed by atoms with van der Waals surface area (Å²) in [5.74, 6) is -1.50. The second kappa shape index (κ2) is 4.15. The highest BCUT2D eigenvalue weighted by Crippen LogP contribution is 2.25. The molecular formula is C9H8ClNO5. The molecule has 0 saturated carbocycles. The molecule has 1 aliphatic heterocycles. The molecule has 2 heterocycles. The van der Waals surface area contributed by atoms with Gasteiger partial charge in [-0.05, 0) is 17.7 Å². The Morgan fingerprint density at radius 3 is 2.88 bits per heavy atom. The van der Waals surface area contributed by atoms with E-state index in [9.17, 15) is 9.59 Å². The van der Waals surface area contributed by atoms with E-state index < -0.39 is 17.9 Å². The Morgan fingerprint density at radius 1 is 1.56 bits per heavy atom. The lowest BCUT2D eigenvalue weighted by molar-refractivity contribution is -0.145. The second-order valence-corrected chi connectivity index (χ2v) is 3.58. The van der Waals surface area contributed by atoms with Gasteiger partial charge in [-0.3, -0.25) is 9.69 Å². The Labute approximate surface area is 95.3 Å². The smallest absolute Gasteiger partial charge is 0.329 e. The third kappa shape index (κ3) is 1.89. The SMILES string of the molecule is O=C(O)C1COCC(=O)N1c1ccc(Cl)o1. The van der Waals surface area contributed by atoms with Crippen molar-refractivity contribution in [2.45, 2.75) is 6.04 Å². The van der Waals surface area contributed by atoms with Gasteiger partial charge in [-0.15, -0.1) is 0 Å². The molecule has 0 radical (unpaired) electrons. The van der Waals surface area contributed by atoms with Crippen LogP contribution < -0.4 is 4.90 Å². The van der Waals surface area contributed by atoms with E-state index in [1.807, 2.05) is 0 Å². The maximum absolute atomic E-state index is 11.6. The molecule has 0 bridgehead atoms. The fraction of sp³-hybridized carbons (Fsp3) is 0.333. The molecule has 1 N–H and O–H groups in total. The largest absolute Gasteiger partial charge is 0.480 e. The molecular weight excluding hydrogens is 238 g/mol. The molecule has 1 atom stereocenters. The minimum Gasteiger partial charge on any atom is -0.480 e. The zero-order valence-electron chi connectivity index (χ0n) is 8.05. The van der Waals surface area contributed by atoms with Crippen molar-refractivity contribution in [3.8, 4) is 0 Å². The minimum absolute atomic E-state index is 0.0700. The molecule has 2 rings (SSSR count). The topological polar surface area (TPSA) is 80.0 Å². The third-order valence-electron chi connectivity index (χ3n) is 2.16. The highest BCUT2D eigenvalue weighted by atomic mass is 35.5. The molecule has 16 heavy (non-hydrogen) atoms. The number of amides is 1. The number of hydrogen-bond donors (Lipinski definition) is 1. The van der Waals surface area contributed by atoms with Gasteiger partial charge in [0.2, 0.25) is 5.88 Å². The molecule has 0 aromatic carbocycles. The lowest BCUT2D eigenvalue weighted by Gasteiger charge is -2.30. The fourth-order valence-electron chi connectivity index (χ4n) is 1.47. The summed E-state index contributed by atoms with van der Waals surface area (Å²) in [5, 5.41) is 9.04. The minimum atomic E-state index is -1.15. The van der Waals surface area contributed by atoms with E-state index in [4.69, 9.17) is 25.9 Å². The van der Waals surface area contributed by atoms with Crippen LogP contribution in [0.5, 0.6) is 0 Å². The van der Waals surface area contributed by atoms with Crippen LogP contribution in [-0.4, -0.2) is 36.2 Å². The molecule has 1 aliphatic rings. The standard InChI is InChI=1S/C9H8ClNO5/c10-6-1-2-8(16-6)11-5(9(13)14)3-15-4-7(11)12/h1-2,5H,3-4H2,(H,13,14). The monoisotopic (exact) mass is 245 g/mol. The van der Waals surface area contributed by atoms with Crippen LogP contribution in [0.1, 0.15) is 0 Å². The average Bonchev–Trinajstić information content (AvgIpc) is 2.64. The van der Waals surface area contributed by atoms with E-state index in [1.165, 1.54) is 12.1 Å². The van der Waals surface area contributed by atoms with Gasteiger partial charge in [-0.1, -0.05) is 0 Å². The van der Waals surface area contributed by atoms with Crippen molar-refractivity contribution < 1.29 is 23.8 Å². The molecule has 0 aliphatic carbocycles. The van der Waals surface area contributed by atoms with Crippen LogP contribution >= 0.6 is 11.6 Å². The number of carboxylic acid groups (broad SMARTS) is 1. The van der Waals surface area contributed by atoms with Crippen LogP contribution in [0, 0.1) is 0 Å². The van der Waals surface area contributed by atoms with Gasteiger partial charge in [0, 0.05) is 6.07 Å². The van der Waals surface area contributed by atoms with Crippen LogP contribution in [-0.2, 0) is 14.3 Å². The summed E-state index contributed by atoms with van der Waals surface area (Å²) in [7, 11) is 0. The van der Waals surface area contributed by atoms with Crippen molar-refractivity contribution in [1.29, 1.82) is 0 Å². The van der Waals surface area contributed by atoms with Crippen molar-refractivity contribution in [1.82, 2.24) is 0 Å². The number of furan rings is 1. The van der Waals surface area contributed by atoms with E-state index in [0.29, 0.717) is 0 Å². The van der Waals surface area contributed by atoms with Gasteiger partial charge in [-0.2, -0.15) is 0 Å². The first-order valence-electron chi connectivity index (χ1n) is 4.47. The highest BCUT2D eigenvalue weighted by molar-refractivity contribution is 6.29. The van der Waals surface area contributed by atoms with Gasteiger partial charge in [0.15, 0.2) is 11.3 Å². The number of morpholine rings is 1. The number of hydrogen-bond acceptors (Lipinski definition) is 4. The van der Waals surface area contributed by atoms with Crippen LogP contribution in [0.4, 0.5) is 5.88 Å². The number of carboxylic acids is 1. The molecule has 1 fully saturated rings. The number of rotatable bonds is 2. The first-order chi connectivity index (χ1) is 7.59. The first kappa shape index (κ1) is 11.0. The molecule has 0 spiro atoms. The number of ether oxygens (including phenoxy) is 1. The third-order valence-corrected chi connectivity index (χ3v) is 2.37. The van der Waals surface area contributed by atoms with E-state index in [2.05, 4.69) is 0 Å². The van der Waals surface area contributed by atoms with Crippen molar-refractivity contribution in [2.24, 2.45) is 0 Å². The maximum atomic E-state index is 11.6. The fourth-order valence-corrected chi connectivity index (χ4v) is 1.61. The normalized spacial score (nSPS) is 21.2. The molecule has 6 nitrogen and oxygen atoms in total. The quantitative estimate of drug-likeness (QED) is 0.832. The van der Waals surface area contributed by atoms with Crippen LogP contribution in [0.2, 0.25) is 5.22 Å². The zero-order valence-corrected chi connectivity index (χ0v) is 8.81. The Bertz CT molecular complexity index is 429. The van der Waals surface area contributed by atoms with Gasteiger partial charge in [0.05, 0.1) is 6.61 Å². The van der Waals surface area contributed by atoms with E-state index in [-0.39, 0.29) is 24.3 Å². The van der Waals surface area contributed by atoms with Crippen molar-refractivity contribution in [3.63, 3.8) is 0 Å². The Hall–Kier alpha value is -1.53. The van der Waals surface area contributed by atoms with Crippen molar-refractivity contribution in [2.75, 3.05) is 18.1 Å². The van der Waals surface area contributed by atoms with Gasteiger partial charge < -0.3 is 14.3 Å². The molecule has 1 amide bonds. The predicted molar refractivity (Wildman–Crippen MR) is 53.4 cm³/mol. The summed E-state index contributed by atoms with van der Waals surface area (Å²) in [5.41, 5.74) is 0. The molecule has 1 aromatic rings. The van der Waals surface area contributed by atoms with Crippen LogP contribution in [0.3, 0.4) is 0 Å². The number of aliphatic carboxylic acids is 1. The van der Waals surface area contributed by atoms with E-state index in [0.717, 1.165) is 4.90 Å². The summed E-state index contributed by atoms with van der Waals surface area (Å²) >= 11 is 5.57. The zero-order chi connectivity index (χ0) is 11.7. The summed E-state index contributed by atoms with van der Waals surface area (Å²) in [4.78, 5) is 23.5. The second-order valence-electron chi connectivity index (χ2n) is 3.21. The first-order valence-corrected chi connectivity index (χ1v) is 4.85. The van der Waals surface area contributed by atoms with Gasteiger partial charge in [0.1, 0.15) is 6.61 Å². The Balaban J connectivity index is 2.33. The summed E-state index contributed by atoms with van der Waals surface area (Å²) in [6.07, 6.45) is 0. The highest BCUT2D eigenvalue weighted by Gasteiger charge is 2.36. The van der Waals surface area contributed by atoms with Crippen molar-refractivity contribution in [3.05, 3.63) is 17.4 Å². The summed E-state index contributed by atoms with van der Waals surface area (Å²) in [6, 6.07) is 1.81. The average molecular weight is 246 g/mol.